The average molecular weight is 354 g/mol. The van der Waals surface area contributed by atoms with Crippen LogP contribution in [0.2, 0.25) is 0 Å². The molecular weight excluding hydrogens is 334 g/mol. The van der Waals surface area contributed by atoms with Gasteiger partial charge in [-0.3, -0.25) is 9.69 Å². The summed E-state index contributed by atoms with van der Waals surface area (Å²) in [5.74, 6) is 0.209. The quantitative estimate of drug-likeness (QED) is 0.645. The van der Waals surface area contributed by atoms with E-state index in [2.05, 4.69) is 38.2 Å². The second-order valence-corrected chi connectivity index (χ2v) is 6.06. The van der Waals surface area contributed by atoms with Crippen LogP contribution in [0.1, 0.15) is 19.8 Å². The lowest BCUT2D eigenvalue weighted by molar-refractivity contribution is -0.117. The number of benzene rings is 1. The first-order valence-corrected chi connectivity index (χ1v) is 7.91. The van der Waals surface area contributed by atoms with Crippen LogP contribution >= 0.6 is 15.9 Å². The number of amides is 1. The molecule has 1 amide bonds. The molecule has 5 nitrogen and oxygen atoms in total. The highest BCUT2D eigenvalue weighted by molar-refractivity contribution is 9.10. The van der Waals surface area contributed by atoms with Crippen molar-refractivity contribution in [2.45, 2.75) is 19.8 Å². The number of piperidine rings is 1. The number of rotatable bonds is 4. The minimum absolute atomic E-state index is 0.0267. The summed E-state index contributed by atoms with van der Waals surface area (Å²) < 4.78 is 0.873. The summed E-state index contributed by atoms with van der Waals surface area (Å²) in [7, 11) is 0. The Morgan fingerprint density at radius 1 is 1.52 bits per heavy atom. The molecule has 1 fully saturated rings. The normalized spacial score (nSPS) is 21.4. The molecule has 0 radical (unpaired) electrons. The molecule has 1 aromatic carbocycles. The van der Waals surface area contributed by atoms with Gasteiger partial charge in [0.25, 0.3) is 0 Å². The van der Waals surface area contributed by atoms with Crippen molar-refractivity contribution in [3.63, 3.8) is 0 Å². The van der Waals surface area contributed by atoms with E-state index in [1.165, 1.54) is 0 Å². The number of oxime groups is 1. The third kappa shape index (κ3) is 4.28. The van der Waals surface area contributed by atoms with Crippen LogP contribution in [0, 0.1) is 5.92 Å². The van der Waals surface area contributed by atoms with Crippen LogP contribution in [0.25, 0.3) is 0 Å². The van der Waals surface area contributed by atoms with Gasteiger partial charge in [-0.25, -0.2) is 0 Å². The van der Waals surface area contributed by atoms with Gasteiger partial charge in [0.1, 0.15) is 0 Å². The van der Waals surface area contributed by atoms with Crippen LogP contribution in [0.4, 0.5) is 5.69 Å². The first kappa shape index (κ1) is 16.0. The maximum Gasteiger partial charge on any atom is 0.238 e. The van der Waals surface area contributed by atoms with E-state index in [1.54, 1.807) is 0 Å². The van der Waals surface area contributed by atoms with E-state index < -0.39 is 0 Å². The van der Waals surface area contributed by atoms with E-state index in [9.17, 15) is 4.79 Å². The number of likely N-dealkylation sites (tertiary alicyclic amines) is 1. The molecule has 0 aromatic heterocycles. The standard InChI is InChI=1S/C15H20BrN3O2/c1-2-11-9-19(8-7-13(11)18-21)10-15(20)17-14-6-4-3-5-12(14)16/h3-6,11,21H,2,7-10H2,1H3,(H,17,20)/b18-13+. The molecule has 114 valence electrons. The topological polar surface area (TPSA) is 64.9 Å². The number of carbonyl (C=O) groups excluding carboxylic acids is 1. The minimum atomic E-state index is -0.0267. The fourth-order valence-corrected chi connectivity index (χ4v) is 2.96. The maximum absolute atomic E-state index is 12.1. The first-order chi connectivity index (χ1) is 10.1. The van der Waals surface area contributed by atoms with Gasteiger partial charge in [0.05, 0.1) is 17.9 Å². The van der Waals surface area contributed by atoms with Gasteiger partial charge in [0.15, 0.2) is 0 Å². The Morgan fingerprint density at radius 2 is 2.29 bits per heavy atom. The maximum atomic E-state index is 12.1. The van der Waals surface area contributed by atoms with Gasteiger partial charge in [-0.05, 0) is 34.5 Å². The summed E-state index contributed by atoms with van der Waals surface area (Å²) in [6.07, 6.45) is 1.64. The molecule has 1 aliphatic heterocycles. The van der Waals surface area contributed by atoms with Crippen molar-refractivity contribution in [3.8, 4) is 0 Å². The second kappa shape index (κ2) is 7.56. The molecule has 0 spiro atoms. The van der Waals surface area contributed by atoms with Crippen molar-refractivity contribution in [1.82, 2.24) is 4.90 Å². The molecule has 1 atom stereocenters. The van der Waals surface area contributed by atoms with Gasteiger partial charge in [-0.1, -0.05) is 24.2 Å². The number of carbonyl (C=O) groups is 1. The van der Waals surface area contributed by atoms with Crippen LogP contribution in [-0.2, 0) is 4.79 Å². The predicted molar refractivity (Wildman–Crippen MR) is 86.8 cm³/mol. The van der Waals surface area contributed by atoms with Gasteiger partial charge in [0, 0.05) is 29.9 Å². The van der Waals surface area contributed by atoms with Gasteiger partial charge < -0.3 is 10.5 Å². The van der Waals surface area contributed by atoms with Crippen LogP contribution < -0.4 is 5.32 Å². The van der Waals surface area contributed by atoms with E-state index in [0.717, 1.165) is 41.8 Å². The highest BCUT2D eigenvalue weighted by atomic mass is 79.9. The zero-order valence-corrected chi connectivity index (χ0v) is 13.6. The number of nitrogens with one attached hydrogen (secondary N) is 1. The fraction of sp³-hybridized carbons (Fsp3) is 0.467. The van der Waals surface area contributed by atoms with Gasteiger partial charge >= 0.3 is 0 Å². The summed E-state index contributed by atoms with van der Waals surface area (Å²) >= 11 is 3.42. The third-order valence-electron chi connectivity index (χ3n) is 3.77. The Bertz CT molecular complexity index is 533. The van der Waals surface area contributed by atoms with E-state index in [4.69, 9.17) is 5.21 Å². The molecule has 0 bridgehead atoms. The lowest BCUT2D eigenvalue weighted by Crippen LogP contribution is -2.44. The van der Waals surface area contributed by atoms with Crippen molar-refractivity contribution < 1.29 is 10.0 Å². The molecule has 2 N–H and O–H groups in total. The Labute approximate surface area is 133 Å². The molecule has 6 heteroatoms. The Morgan fingerprint density at radius 3 is 2.95 bits per heavy atom. The van der Waals surface area contributed by atoms with Crippen molar-refractivity contribution in [1.29, 1.82) is 0 Å². The van der Waals surface area contributed by atoms with Crippen molar-refractivity contribution in [3.05, 3.63) is 28.7 Å². The van der Waals surface area contributed by atoms with Gasteiger partial charge in [0.2, 0.25) is 5.91 Å². The zero-order valence-electron chi connectivity index (χ0n) is 12.1. The molecule has 1 aliphatic rings. The molecule has 2 rings (SSSR count). The molecule has 1 unspecified atom stereocenters. The Hall–Kier alpha value is -1.40. The summed E-state index contributed by atoms with van der Waals surface area (Å²) in [4.78, 5) is 14.2. The van der Waals surface area contributed by atoms with Gasteiger partial charge in [-0.2, -0.15) is 0 Å². The van der Waals surface area contributed by atoms with E-state index in [-0.39, 0.29) is 11.8 Å². The molecule has 1 heterocycles. The SMILES string of the molecule is CCC1CN(CC(=O)Nc2ccccc2Br)CC/C1=N\O. The summed E-state index contributed by atoms with van der Waals surface area (Å²) in [5, 5.41) is 15.3. The molecule has 0 aliphatic carbocycles. The van der Waals surface area contributed by atoms with Crippen LogP contribution in [0.15, 0.2) is 33.9 Å². The highest BCUT2D eigenvalue weighted by Crippen LogP contribution is 2.21. The predicted octanol–water partition coefficient (Wildman–Crippen LogP) is 2.95. The molecule has 21 heavy (non-hydrogen) atoms. The zero-order chi connectivity index (χ0) is 15.2. The third-order valence-corrected chi connectivity index (χ3v) is 4.46. The monoisotopic (exact) mass is 353 g/mol. The summed E-state index contributed by atoms with van der Waals surface area (Å²) in [5.41, 5.74) is 1.63. The van der Waals surface area contributed by atoms with Crippen molar-refractivity contribution in [2.75, 3.05) is 25.0 Å². The Balaban J connectivity index is 1.90. The van der Waals surface area contributed by atoms with Crippen LogP contribution in [-0.4, -0.2) is 41.4 Å². The lowest BCUT2D eigenvalue weighted by Gasteiger charge is -2.32. The molecule has 0 saturated carbocycles. The number of para-hydroxylation sites is 1. The molecule has 1 saturated heterocycles. The van der Waals surface area contributed by atoms with Crippen LogP contribution in [0.5, 0.6) is 0 Å². The number of halogens is 1. The highest BCUT2D eigenvalue weighted by Gasteiger charge is 2.25. The Kier molecular flexibility index (Phi) is 5.76. The van der Waals surface area contributed by atoms with Crippen LogP contribution in [0.3, 0.4) is 0 Å². The smallest absolute Gasteiger partial charge is 0.238 e. The van der Waals surface area contributed by atoms with Crippen molar-refractivity contribution in [2.24, 2.45) is 11.1 Å². The van der Waals surface area contributed by atoms with E-state index in [0.29, 0.717) is 6.54 Å². The lowest BCUT2D eigenvalue weighted by atomic mass is 9.93. The van der Waals surface area contributed by atoms with Crippen molar-refractivity contribution >= 4 is 33.2 Å². The number of nitrogens with zero attached hydrogens (tertiary/aromatic N) is 2. The minimum Gasteiger partial charge on any atom is -0.411 e. The van der Waals surface area contributed by atoms with E-state index >= 15 is 0 Å². The number of hydrogen-bond acceptors (Lipinski definition) is 4. The average Bonchev–Trinajstić information content (AvgIpc) is 2.49. The number of hydrogen-bond donors (Lipinski definition) is 2. The largest absolute Gasteiger partial charge is 0.411 e. The second-order valence-electron chi connectivity index (χ2n) is 5.21. The summed E-state index contributed by atoms with van der Waals surface area (Å²) in [6, 6.07) is 7.56. The fourth-order valence-electron chi connectivity index (χ4n) is 2.58. The summed E-state index contributed by atoms with van der Waals surface area (Å²) in [6.45, 7) is 3.94. The van der Waals surface area contributed by atoms with E-state index in [1.807, 2.05) is 24.3 Å². The number of anilines is 1. The van der Waals surface area contributed by atoms with Gasteiger partial charge in [-0.15, -0.1) is 0 Å². The molecular formula is C15H20BrN3O2. The molecule has 1 aromatic rings. The first-order valence-electron chi connectivity index (χ1n) is 7.11.